The summed E-state index contributed by atoms with van der Waals surface area (Å²) < 4.78 is 0. The predicted octanol–water partition coefficient (Wildman–Crippen LogP) is 1.25. The molecule has 1 aliphatic rings. The van der Waals surface area contributed by atoms with Crippen LogP contribution in [0.5, 0.6) is 0 Å². The molecule has 1 aliphatic carbocycles. The van der Waals surface area contributed by atoms with E-state index in [1.54, 1.807) is 12.2 Å². The molecule has 0 bridgehead atoms. The fourth-order valence-electron chi connectivity index (χ4n) is 0.718. The molecular formula is C6H8Cl2N2. The Morgan fingerprint density at radius 2 is 2.20 bits per heavy atom. The Morgan fingerprint density at radius 3 is 2.60 bits per heavy atom. The summed E-state index contributed by atoms with van der Waals surface area (Å²) >= 11 is 11.4. The molecule has 0 heterocycles. The SMILES string of the molecule is NC1=C(Cl)CC(N)(Cl)C=C1. The molecule has 10 heavy (non-hydrogen) atoms. The number of hydrogen-bond donors (Lipinski definition) is 2. The van der Waals surface area contributed by atoms with Crippen molar-refractivity contribution in [3.05, 3.63) is 22.9 Å². The number of allylic oxidation sites excluding steroid dienone is 1. The van der Waals surface area contributed by atoms with Gasteiger partial charge in [-0.15, -0.1) is 0 Å². The summed E-state index contributed by atoms with van der Waals surface area (Å²) in [4.78, 5) is -0.847. The highest BCUT2D eigenvalue weighted by molar-refractivity contribution is 6.32. The fourth-order valence-corrected chi connectivity index (χ4v) is 1.27. The fraction of sp³-hybridized carbons (Fsp3) is 0.333. The Morgan fingerprint density at radius 1 is 1.60 bits per heavy atom. The quantitative estimate of drug-likeness (QED) is 0.434. The topological polar surface area (TPSA) is 52.0 Å². The third-order valence-electron chi connectivity index (χ3n) is 1.28. The Bertz CT molecular complexity index is 206. The van der Waals surface area contributed by atoms with Crippen molar-refractivity contribution >= 4 is 23.2 Å². The number of nitrogens with two attached hydrogens (primary N) is 2. The summed E-state index contributed by atoms with van der Waals surface area (Å²) in [6, 6.07) is 0. The van der Waals surface area contributed by atoms with Crippen molar-refractivity contribution in [2.45, 2.75) is 11.4 Å². The van der Waals surface area contributed by atoms with Crippen molar-refractivity contribution < 1.29 is 0 Å². The van der Waals surface area contributed by atoms with Crippen molar-refractivity contribution in [3.8, 4) is 0 Å². The van der Waals surface area contributed by atoms with Gasteiger partial charge >= 0.3 is 0 Å². The van der Waals surface area contributed by atoms with E-state index >= 15 is 0 Å². The lowest BCUT2D eigenvalue weighted by atomic mass is 10.1. The van der Waals surface area contributed by atoms with Gasteiger partial charge < -0.3 is 11.5 Å². The summed E-state index contributed by atoms with van der Waals surface area (Å²) in [6.07, 6.45) is 3.66. The molecule has 0 aromatic heterocycles. The number of halogens is 2. The van der Waals surface area contributed by atoms with Crippen LogP contribution in [0.4, 0.5) is 0 Å². The van der Waals surface area contributed by atoms with E-state index in [2.05, 4.69) is 0 Å². The third kappa shape index (κ3) is 1.66. The molecular weight excluding hydrogens is 171 g/mol. The lowest BCUT2D eigenvalue weighted by molar-refractivity contribution is 0.727. The van der Waals surface area contributed by atoms with Gasteiger partial charge in [0, 0.05) is 17.2 Å². The third-order valence-corrected chi connectivity index (χ3v) is 1.89. The van der Waals surface area contributed by atoms with Crippen molar-refractivity contribution in [2.75, 3.05) is 0 Å². The Kier molecular flexibility index (Phi) is 1.95. The van der Waals surface area contributed by atoms with Gasteiger partial charge in [0.2, 0.25) is 0 Å². The van der Waals surface area contributed by atoms with Crippen LogP contribution in [0.15, 0.2) is 22.9 Å². The van der Waals surface area contributed by atoms with E-state index in [1.165, 1.54) is 0 Å². The lowest BCUT2D eigenvalue weighted by Gasteiger charge is -2.21. The van der Waals surface area contributed by atoms with Gasteiger partial charge in [-0.05, 0) is 12.2 Å². The molecule has 0 fully saturated rings. The first kappa shape index (κ1) is 7.92. The molecule has 1 unspecified atom stereocenters. The van der Waals surface area contributed by atoms with Crippen molar-refractivity contribution in [1.29, 1.82) is 0 Å². The van der Waals surface area contributed by atoms with Gasteiger partial charge in [0.15, 0.2) is 0 Å². The van der Waals surface area contributed by atoms with Gasteiger partial charge in [-0.3, -0.25) is 0 Å². The first-order chi connectivity index (χ1) is 4.51. The maximum atomic E-state index is 5.75. The number of alkyl halides is 1. The molecule has 0 aliphatic heterocycles. The largest absolute Gasteiger partial charge is 0.398 e. The van der Waals surface area contributed by atoms with Gasteiger partial charge in [0.05, 0.1) is 0 Å². The second-order valence-electron chi connectivity index (χ2n) is 2.30. The highest BCUT2D eigenvalue weighted by Crippen LogP contribution is 2.28. The number of rotatable bonds is 0. The molecule has 0 saturated heterocycles. The zero-order chi connectivity index (χ0) is 7.78. The second kappa shape index (κ2) is 2.46. The highest BCUT2D eigenvalue weighted by Gasteiger charge is 2.23. The molecule has 1 atom stereocenters. The molecule has 0 aromatic carbocycles. The Hall–Kier alpha value is -0.180. The lowest BCUT2D eigenvalue weighted by Crippen LogP contribution is -2.32. The summed E-state index contributed by atoms with van der Waals surface area (Å²) in [5.41, 5.74) is 11.5. The zero-order valence-corrected chi connectivity index (χ0v) is 6.78. The van der Waals surface area contributed by atoms with Crippen LogP contribution in [-0.2, 0) is 0 Å². The average molecular weight is 179 g/mol. The van der Waals surface area contributed by atoms with Gasteiger partial charge in [-0.2, -0.15) is 0 Å². The molecule has 0 spiro atoms. The maximum Gasteiger partial charge on any atom is 0.115 e. The molecule has 56 valence electrons. The van der Waals surface area contributed by atoms with Crippen LogP contribution in [0.2, 0.25) is 0 Å². The van der Waals surface area contributed by atoms with Crippen molar-refractivity contribution in [2.24, 2.45) is 11.5 Å². The molecule has 2 nitrogen and oxygen atoms in total. The monoisotopic (exact) mass is 178 g/mol. The minimum absolute atomic E-state index is 0.401. The summed E-state index contributed by atoms with van der Waals surface area (Å²) in [6.45, 7) is 0. The molecule has 0 saturated carbocycles. The average Bonchev–Trinajstić information content (AvgIpc) is 1.79. The summed E-state index contributed by atoms with van der Waals surface area (Å²) in [7, 11) is 0. The van der Waals surface area contributed by atoms with E-state index in [9.17, 15) is 0 Å². The van der Waals surface area contributed by atoms with E-state index in [-0.39, 0.29) is 0 Å². The van der Waals surface area contributed by atoms with E-state index in [4.69, 9.17) is 34.7 Å². The second-order valence-corrected chi connectivity index (χ2v) is 3.46. The van der Waals surface area contributed by atoms with Crippen LogP contribution in [-0.4, -0.2) is 5.00 Å². The minimum atomic E-state index is -0.847. The van der Waals surface area contributed by atoms with Crippen LogP contribution in [0.3, 0.4) is 0 Å². The molecule has 0 aromatic rings. The van der Waals surface area contributed by atoms with Crippen molar-refractivity contribution in [1.82, 2.24) is 0 Å². The van der Waals surface area contributed by atoms with E-state index in [1.807, 2.05) is 0 Å². The standard InChI is InChI=1S/C6H8Cl2N2/c7-4-3-6(8,10)2-1-5(4)9/h1-2H,3,9-10H2. The summed E-state index contributed by atoms with van der Waals surface area (Å²) in [5.74, 6) is 0. The molecule has 0 radical (unpaired) electrons. The Labute approximate surface area is 69.5 Å². The molecule has 4 heteroatoms. The molecule has 0 amide bonds. The maximum absolute atomic E-state index is 5.75. The van der Waals surface area contributed by atoms with Gasteiger partial charge in [0.25, 0.3) is 0 Å². The van der Waals surface area contributed by atoms with Gasteiger partial charge in [-0.25, -0.2) is 0 Å². The van der Waals surface area contributed by atoms with Crippen molar-refractivity contribution in [3.63, 3.8) is 0 Å². The smallest absolute Gasteiger partial charge is 0.115 e. The molecule has 1 rings (SSSR count). The van der Waals surface area contributed by atoms with E-state index < -0.39 is 5.00 Å². The van der Waals surface area contributed by atoms with E-state index in [0.29, 0.717) is 17.2 Å². The first-order valence-corrected chi connectivity index (χ1v) is 3.58. The van der Waals surface area contributed by atoms with Gasteiger partial charge in [-0.1, -0.05) is 23.2 Å². The summed E-state index contributed by atoms with van der Waals surface area (Å²) in [5, 5.41) is 0.528. The predicted molar refractivity (Wildman–Crippen MR) is 43.6 cm³/mol. The first-order valence-electron chi connectivity index (χ1n) is 2.82. The van der Waals surface area contributed by atoms with Crippen LogP contribution >= 0.6 is 23.2 Å². The van der Waals surface area contributed by atoms with Crippen LogP contribution in [0, 0.1) is 0 Å². The zero-order valence-electron chi connectivity index (χ0n) is 5.27. The normalized spacial score (nSPS) is 33.1. The minimum Gasteiger partial charge on any atom is -0.398 e. The van der Waals surface area contributed by atoms with Crippen LogP contribution in [0.1, 0.15) is 6.42 Å². The number of hydrogen-bond acceptors (Lipinski definition) is 2. The highest BCUT2D eigenvalue weighted by atomic mass is 35.5. The van der Waals surface area contributed by atoms with Gasteiger partial charge in [0.1, 0.15) is 5.00 Å². The van der Waals surface area contributed by atoms with Crippen LogP contribution in [0.25, 0.3) is 0 Å². The Balaban J connectivity index is 2.85. The molecule has 4 N–H and O–H groups in total. The van der Waals surface area contributed by atoms with Crippen LogP contribution < -0.4 is 11.5 Å². The van der Waals surface area contributed by atoms with E-state index in [0.717, 1.165) is 0 Å².